The molecule has 0 spiro atoms. The zero-order chi connectivity index (χ0) is 11.5. The SMILES string of the molecule is C1CCOC1.CC.Cc1ccc(O)cn1. The summed E-state index contributed by atoms with van der Waals surface area (Å²) in [6.07, 6.45) is 3.98. The molecule has 0 saturated carbocycles. The summed E-state index contributed by atoms with van der Waals surface area (Å²) in [5.74, 6) is 0.218. The van der Waals surface area contributed by atoms with Gasteiger partial charge in [-0.3, -0.25) is 4.98 Å². The van der Waals surface area contributed by atoms with Crippen LogP contribution < -0.4 is 0 Å². The van der Waals surface area contributed by atoms with E-state index in [4.69, 9.17) is 9.84 Å². The van der Waals surface area contributed by atoms with Gasteiger partial charge in [-0.1, -0.05) is 13.8 Å². The van der Waals surface area contributed by atoms with Crippen LogP contribution in [0.1, 0.15) is 32.4 Å². The zero-order valence-electron chi connectivity index (χ0n) is 9.86. The van der Waals surface area contributed by atoms with E-state index in [2.05, 4.69) is 4.98 Å². The van der Waals surface area contributed by atoms with Crippen molar-refractivity contribution in [2.45, 2.75) is 33.6 Å². The maximum Gasteiger partial charge on any atom is 0.133 e. The second kappa shape index (κ2) is 9.46. The number of hydrogen-bond donors (Lipinski definition) is 1. The molecule has 2 rings (SSSR count). The molecule has 0 radical (unpaired) electrons. The molecule has 0 aliphatic carbocycles. The monoisotopic (exact) mass is 211 g/mol. The molecule has 0 bridgehead atoms. The smallest absolute Gasteiger partial charge is 0.133 e. The molecule has 3 heteroatoms. The number of rotatable bonds is 0. The van der Waals surface area contributed by atoms with Gasteiger partial charge in [-0.25, -0.2) is 0 Å². The Balaban J connectivity index is 0.000000241. The molecule has 2 heterocycles. The molecular formula is C12H21NO2. The van der Waals surface area contributed by atoms with Crippen LogP contribution in [0.15, 0.2) is 18.3 Å². The Morgan fingerprint density at radius 3 is 2.07 bits per heavy atom. The Morgan fingerprint density at radius 2 is 1.80 bits per heavy atom. The molecule has 0 aromatic carbocycles. The van der Waals surface area contributed by atoms with Crippen LogP contribution in [0.5, 0.6) is 5.75 Å². The van der Waals surface area contributed by atoms with Crippen molar-refractivity contribution in [2.24, 2.45) is 0 Å². The molecule has 1 aromatic heterocycles. The minimum Gasteiger partial charge on any atom is -0.506 e. The highest BCUT2D eigenvalue weighted by Crippen LogP contribution is 2.03. The molecule has 0 unspecified atom stereocenters. The molecule has 0 atom stereocenters. The van der Waals surface area contributed by atoms with Crippen LogP contribution >= 0.6 is 0 Å². The first-order valence-electron chi connectivity index (χ1n) is 5.48. The van der Waals surface area contributed by atoms with E-state index in [0.29, 0.717) is 0 Å². The van der Waals surface area contributed by atoms with Crippen molar-refractivity contribution in [3.8, 4) is 5.75 Å². The zero-order valence-corrected chi connectivity index (χ0v) is 9.86. The Bertz CT molecular complexity index is 201. The first kappa shape index (κ1) is 13.9. The highest BCUT2D eigenvalue weighted by Gasteiger charge is 1.94. The van der Waals surface area contributed by atoms with E-state index in [1.54, 1.807) is 12.1 Å². The largest absolute Gasteiger partial charge is 0.506 e. The third kappa shape index (κ3) is 7.94. The van der Waals surface area contributed by atoms with Crippen LogP contribution in [0.25, 0.3) is 0 Å². The summed E-state index contributed by atoms with van der Waals surface area (Å²) in [4.78, 5) is 3.83. The van der Waals surface area contributed by atoms with Gasteiger partial charge in [0.25, 0.3) is 0 Å². The summed E-state index contributed by atoms with van der Waals surface area (Å²) < 4.78 is 4.94. The predicted octanol–water partition coefficient (Wildman–Crippen LogP) is 2.92. The lowest BCUT2D eigenvalue weighted by Gasteiger charge is -1.88. The maximum absolute atomic E-state index is 8.69. The van der Waals surface area contributed by atoms with Gasteiger partial charge in [0.15, 0.2) is 0 Å². The molecule has 15 heavy (non-hydrogen) atoms. The Labute approximate surface area is 92.1 Å². The van der Waals surface area contributed by atoms with E-state index in [1.165, 1.54) is 19.0 Å². The summed E-state index contributed by atoms with van der Waals surface area (Å²) in [5.41, 5.74) is 0.919. The van der Waals surface area contributed by atoms with Gasteiger partial charge in [-0.05, 0) is 31.9 Å². The highest BCUT2D eigenvalue weighted by atomic mass is 16.5. The number of aryl methyl sites for hydroxylation is 1. The van der Waals surface area contributed by atoms with Crippen LogP contribution in [0.3, 0.4) is 0 Å². The van der Waals surface area contributed by atoms with Gasteiger partial charge >= 0.3 is 0 Å². The fraction of sp³-hybridized carbons (Fsp3) is 0.583. The third-order valence-electron chi connectivity index (χ3n) is 1.72. The van der Waals surface area contributed by atoms with Gasteiger partial charge in [-0.15, -0.1) is 0 Å². The van der Waals surface area contributed by atoms with Crippen molar-refractivity contribution >= 4 is 0 Å². The third-order valence-corrected chi connectivity index (χ3v) is 1.72. The first-order valence-corrected chi connectivity index (χ1v) is 5.48. The van der Waals surface area contributed by atoms with Gasteiger partial charge < -0.3 is 9.84 Å². The van der Waals surface area contributed by atoms with Crippen molar-refractivity contribution < 1.29 is 9.84 Å². The molecule has 3 nitrogen and oxygen atoms in total. The number of aromatic nitrogens is 1. The van der Waals surface area contributed by atoms with E-state index in [9.17, 15) is 0 Å². The number of aromatic hydroxyl groups is 1. The van der Waals surface area contributed by atoms with Crippen molar-refractivity contribution in [2.75, 3.05) is 13.2 Å². The van der Waals surface area contributed by atoms with Crippen LogP contribution in [-0.2, 0) is 4.74 Å². The summed E-state index contributed by atoms with van der Waals surface area (Å²) >= 11 is 0. The van der Waals surface area contributed by atoms with E-state index < -0.39 is 0 Å². The predicted molar refractivity (Wildman–Crippen MR) is 62.0 cm³/mol. The minimum atomic E-state index is 0.218. The Kier molecular flexibility index (Phi) is 8.78. The fourth-order valence-corrected chi connectivity index (χ4v) is 0.970. The molecule has 1 aliphatic heterocycles. The first-order chi connectivity index (χ1) is 7.29. The van der Waals surface area contributed by atoms with Gasteiger partial charge in [-0.2, -0.15) is 0 Å². The van der Waals surface area contributed by atoms with Gasteiger partial charge in [0.05, 0.1) is 6.20 Å². The van der Waals surface area contributed by atoms with Crippen molar-refractivity contribution in [1.82, 2.24) is 4.98 Å². The van der Waals surface area contributed by atoms with E-state index in [1.807, 2.05) is 20.8 Å². The molecule has 1 saturated heterocycles. The molecule has 1 N–H and O–H groups in total. The summed E-state index contributed by atoms with van der Waals surface area (Å²) in [7, 11) is 0. The van der Waals surface area contributed by atoms with E-state index in [0.717, 1.165) is 18.9 Å². The summed E-state index contributed by atoms with van der Waals surface area (Å²) in [5, 5.41) is 8.69. The summed E-state index contributed by atoms with van der Waals surface area (Å²) in [6.45, 7) is 7.87. The Hall–Kier alpha value is -1.09. The normalized spacial score (nSPS) is 13.3. The van der Waals surface area contributed by atoms with Crippen molar-refractivity contribution in [1.29, 1.82) is 0 Å². The highest BCUT2D eigenvalue weighted by molar-refractivity contribution is 5.16. The fourth-order valence-electron chi connectivity index (χ4n) is 0.970. The lowest BCUT2D eigenvalue weighted by atomic mass is 10.4. The van der Waals surface area contributed by atoms with E-state index in [-0.39, 0.29) is 5.75 Å². The molecule has 86 valence electrons. The molecular weight excluding hydrogens is 190 g/mol. The van der Waals surface area contributed by atoms with Gasteiger partial charge in [0.2, 0.25) is 0 Å². The molecule has 1 aliphatic rings. The number of ether oxygens (including phenoxy) is 1. The second-order valence-electron chi connectivity index (χ2n) is 2.98. The lowest BCUT2D eigenvalue weighted by molar-refractivity contribution is 0.198. The minimum absolute atomic E-state index is 0.218. The van der Waals surface area contributed by atoms with E-state index >= 15 is 0 Å². The maximum atomic E-state index is 8.69. The van der Waals surface area contributed by atoms with Gasteiger partial charge in [0.1, 0.15) is 5.75 Å². The number of hydrogen-bond acceptors (Lipinski definition) is 3. The van der Waals surface area contributed by atoms with Gasteiger partial charge in [0, 0.05) is 18.9 Å². The van der Waals surface area contributed by atoms with Crippen molar-refractivity contribution in [3.05, 3.63) is 24.0 Å². The van der Waals surface area contributed by atoms with Crippen LogP contribution in [0.2, 0.25) is 0 Å². The number of nitrogens with zero attached hydrogens (tertiary/aromatic N) is 1. The molecule has 1 fully saturated rings. The molecule has 0 amide bonds. The van der Waals surface area contributed by atoms with Crippen molar-refractivity contribution in [3.63, 3.8) is 0 Å². The summed E-state index contributed by atoms with van der Waals surface area (Å²) in [6, 6.07) is 3.37. The average molecular weight is 211 g/mol. The quantitative estimate of drug-likeness (QED) is 0.717. The Morgan fingerprint density at radius 1 is 1.20 bits per heavy atom. The van der Waals surface area contributed by atoms with Crippen LogP contribution in [0.4, 0.5) is 0 Å². The standard InChI is InChI=1S/C6H7NO.C4H8O.C2H6/c1-5-2-3-6(8)4-7-5;1-2-4-5-3-1;1-2/h2-4,8H,1H3;1-4H2;1-2H3. The van der Waals surface area contributed by atoms with Crippen LogP contribution in [0, 0.1) is 6.92 Å². The second-order valence-corrected chi connectivity index (χ2v) is 2.98. The average Bonchev–Trinajstić information content (AvgIpc) is 2.84. The molecule has 1 aromatic rings. The lowest BCUT2D eigenvalue weighted by Crippen LogP contribution is -1.75. The van der Waals surface area contributed by atoms with Crippen LogP contribution in [-0.4, -0.2) is 23.3 Å². The topological polar surface area (TPSA) is 42.4 Å². The number of pyridine rings is 1.